The molecule has 0 aliphatic heterocycles. The monoisotopic (exact) mass is 313 g/mol. The highest BCUT2D eigenvalue weighted by Gasteiger charge is 2.22. The lowest BCUT2D eigenvalue weighted by Crippen LogP contribution is -2.27. The van der Waals surface area contributed by atoms with Crippen LogP contribution in [0.4, 0.5) is 0 Å². The molecule has 0 amide bonds. The Labute approximate surface area is 123 Å². The van der Waals surface area contributed by atoms with Gasteiger partial charge in [0.1, 0.15) is 12.2 Å². The number of rotatable bonds is 8. The van der Waals surface area contributed by atoms with E-state index in [1.807, 2.05) is 0 Å². The number of hydrogen-bond acceptors (Lipinski definition) is 6. The van der Waals surface area contributed by atoms with Crippen LogP contribution in [0.25, 0.3) is 0 Å². The molecule has 0 fully saturated rings. The summed E-state index contributed by atoms with van der Waals surface area (Å²) in [5.74, 6) is 0.737. The number of nitrogens with one attached hydrogen (secondary N) is 4. The summed E-state index contributed by atoms with van der Waals surface area (Å²) >= 11 is 0. The number of H-pyrrole nitrogens is 2. The largest absolute Gasteiger partial charge is 0.316 e. The second kappa shape index (κ2) is 6.78. The maximum atomic E-state index is 12.2. The van der Waals surface area contributed by atoms with E-state index in [4.69, 9.17) is 0 Å². The third-order valence-electron chi connectivity index (χ3n) is 2.99. The van der Waals surface area contributed by atoms with Gasteiger partial charge in [-0.15, -0.1) is 0 Å². The van der Waals surface area contributed by atoms with Gasteiger partial charge < -0.3 is 5.32 Å². The van der Waals surface area contributed by atoms with Crippen molar-refractivity contribution in [2.45, 2.75) is 31.3 Å². The Balaban J connectivity index is 1.95. The predicted molar refractivity (Wildman–Crippen MR) is 76.0 cm³/mol. The van der Waals surface area contributed by atoms with Gasteiger partial charge in [0, 0.05) is 30.8 Å². The summed E-state index contributed by atoms with van der Waals surface area (Å²) in [5.41, 5.74) is 1.40. The summed E-state index contributed by atoms with van der Waals surface area (Å²) in [6, 6.07) is 0. The normalized spacial score (nSPS) is 11.9. The first-order valence-corrected chi connectivity index (χ1v) is 8.05. The van der Waals surface area contributed by atoms with Crippen LogP contribution < -0.4 is 10.0 Å². The molecule has 0 radical (unpaired) electrons. The van der Waals surface area contributed by atoms with Crippen molar-refractivity contribution in [3.05, 3.63) is 23.4 Å². The summed E-state index contributed by atoms with van der Waals surface area (Å²) in [6.45, 7) is 2.55. The zero-order valence-corrected chi connectivity index (χ0v) is 12.8. The molecule has 0 spiro atoms. The maximum Gasteiger partial charge on any atom is 0.260 e. The fourth-order valence-electron chi connectivity index (χ4n) is 1.92. The average molecular weight is 313 g/mol. The number of nitrogens with zero attached hydrogens (tertiary/aromatic N) is 3. The molecule has 0 aromatic carbocycles. The molecule has 0 atom stereocenters. The highest BCUT2D eigenvalue weighted by molar-refractivity contribution is 7.89. The molecule has 2 aromatic heterocycles. The molecule has 2 heterocycles. The third-order valence-corrected chi connectivity index (χ3v) is 4.42. The van der Waals surface area contributed by atoms with Crippen molar-refractivity contribution in [3.8, 4) is 0 Å². The predicted octanol–water partition coefficient (Wildman–Crippen LogP) is -0.533. The first kappa shape index (κ1) is 15.6. The van der Waals surface area contributed by atoms with E-state index in [1.54, 1.807) is 14.0 Å². The van der Waals surface area contributed by atoms with Crippen molar-refractivity contribution >= 4 is 10.0 Å². The van der Waals surface area contributed by atoms with E-state index in [0.29, 0.717) is 31.5 Å². The lowest BCUT2D eigenvalue weighted by Gasteiger charge is -2.06. The number of hydrogen-bond donors (Lipinski definition) is 4. The highest BCUT2D eigenvalue weighted by Crippen LogP contribution is 2.15. The smallest absolute Gasteiger partial charge is 0.260 e. The summed E-state index contributed by atoms with van der Waals surface area (Å²) in [4.78, 5) is 3.98. The number of aryl methyl sites for hydroxylation is 2. The zero-order chi connectivity index (χ0) is 15.3. The minimum atomic E-state index is -3.61. The Bertz CT molecular complexity index is 663. The standard InChI is InChI=1S/C11H19N7O2S/c1-8-9(6-12-2)11(18-16-8)21(19,20)15-5-3-4-10-13-7-14-17-10/h7,12,15H,3-6H2,1-2H3,(H,16,18)(H,13,14,17). The number of sulfonamides is 1. The van der Waals surface area contributed by atoms with Crippen molar-refractivity contribution in [1.82, 2.24) is 35.4 Å². The second-order valence-corrected chi connectivity index (χ2v) is 6.28. The van der Waals surface area contributed by atoms with Crippen LogP contribution in [0.3, 0.4) is 0 Å². The topological polar surface area (TPSA) is 128 Å². The Kier molecular flexibility index (Phi) is 5.04. The van der Waals surface area contributed by atoms with Gasteiger partial charge >= 0.3 is 0 Å². The van der Waals surface area contributed by atoms with Crippen molar-refractivity contribution in [2.75, 3.05) is 13.6 Å². The van der Waals surface area contributed by atoms with Crippen LogP contribution in [0.2, 0.25) is 0 Å². The van der Waals surface area contributed by atoms with Crippen LogP contribution in [-0.2, 0) is 23.0 Å². The van der Waals surface area contributed by atoms with Crippen LogP contribution in [-0.4, -0.2) is 47.4 Å². The Morgan fingerprint density at radius 2 is 2.14 bits per heavy atom. The highest BCUT2D eigenvalue weighted by atomic mass is 32.2. The molecule has 0 unspecified atom stereocenters. The van der Waals surface area contributed by atoms with Crippen LogP contribution in [0, 0.1) is 6.92 Å². The van der Waals surface area contributed by atoms with Gasteiger partial charge in [0.05, 0.1) is 0 Å². The molecule has 2 rings (SSSR count). The molecule has 0 saturated carbocycles. The van der Waals surface area contributed by atoms with Crippen molar-refractivity contribution in [3.63, 3.8) is 0 Å². The van der Waals surface area contributed by atoms with Gasteiger partial charge in [-0.1, -0.05) is 0 Å². The van der Waals surface area contributed by atoms with Crippen LogP contribution in [0.1, 0.15) is 23.5 Å². The summed E-state index contributed by atoms with van der Waals surface area (Å²) < 4.78 is 27.0. The average Bonchev–Trinajstić information content (AvgIpc) is 3.07. The fraction of sp³-hybridized carbons (Fsp3) is 0.545. The van der Waals surface area contributed by atoms with E-state index >= 15 is 0 Å². The molecule has 0 aliphatic rings. The van der Waals surface area contributed by atoms with E-state index in [2.05, 4.69) is 35.4 Å². The molecular weight excluding hydrogens is 294 g/mol. The molecule has 116 valence electrons. The molecule has 9 nitrogen and oxygen atoms in total. The van der Waals surface area contributed by atoms with E-state index in [9.17, 15) is 8.42 Å². The summed E-state index contributed by atoms with van der Waals surface area (Å²) in [7, 11) is -1.85. The van der Waals surface area contributed by atoms with Gasteiger partial charge in [-0.25, -0.2) is 18.1 Å². The van der Waals surface area contributed by atoms with Crippen molar-refractivity contribution in [1.29, 1.82) is 0 Å². The minimum absolute atomic E-state index is 0.0500. The molecule has 2 aromatic rings. The molecule has 4 N–H and O–H groups in total. The Hall–Kier alpha value is -1.78. The van der Waals surface area contributed by atoms with Gasteiger partial charge in [-0.3, -0.25) is 10.2 Å². The van der Waals surface area contributed by atoms with E-state index in [1.165, 1.54) is 6.33 Å². The van der Waals surface area contributed by atoms with Crippen molar-refractivity contribution in [2.24, 2.45) is 0 Å². The van der Waals surface area contributed by atoms with Gasteiger partial charge in [0.15, 0.2) is 5.03 Å². The van der Waals surface area contributed by atoms with Crippen LogP contribution >= 0.6 is 0 Å². The lowest BCUT2D eigenvalue weighted by molar-refractivity contribution is 0.572. The Morgan fingerprint density at radius 1 is 1.33 bits per heavy atom. The second-order valence-electron chi connectivity index (χ2n) is 4.60. The van der Waals surface area contributed by atoms with E-state index in [-0.39, 0.29) is 5.03 Å². The third kappa shape index (κ3) is 3.86. The van der Waals surface area contributed by atoms with Gasteiger partial charge in [-0.2, -0.15) is 10.2 Å². The minimum Gasteiger partial charge on any atom is -0.316 e. The lowest BCUT2D eigenvalue weighted by atomic mass is 10.3. The number of aromatic amines is 2. The maximum absolute atomic E-state index is 12.2. The Morgan fingerprint density at radius 3 is 2.81 bits per heavy atom. The van der Waals surface area contributed by atoms with E-state index < -0.39 is 10.0 Å². The van der Waals surface area contributed by atoms with Gasteiger partial charge in [-0.05, 0) is 20.4 Å². The number of aromatic nitrogens is 5. The summed E-state index contributed by atoms with van der Waals surface area (Å²) in [6.07, 6.45) is 2.68. The quantitative estimate of drug-likeness (QED) is 0.485. The molecular formula is C11H19N7O2S. The SMILES string of the molecule is CNCc1c(S(=O)(=O)NCCCc2ncn[nH]2)n[nH]c1C. The molecule has 10 heteroatoms. The molecule has 21 heavy (non-hydrogen) atoms. The van der Waals surface area contributed by atoms with Crippen molar-refractivity contribution < 1.29 is 8.42 Å². The van der Waals surface area contributed by atoms with Gasteiger partial charge in [0.2, 0.25) is 0 Å². The summed E-state index contributed by atoms with van der Waals surface area (Å²) in [5, 5.41) is 16.1. The fourth-order valence-corrected chi connectivity index (χ4v) is 3.18. The molecule has 0 aliphatic carbocycles. The van der Waals surface area contributed by atoms with Crippen LogP contribution in [0.15, 0.2) is 11.4 Å². The van der Waals surface area contributed by atoms with Crippen LogP contribution in [0.5, 0.6) is 0 Å². The first-order valence-electron chi connectivity index (χ1n) is 6.57. The molecule has 0 bridgehead atoms. The first-order chi connectivity index (χ1) is 10.0. The zero-order valence-electron chi connectivity index (χ0n) is 12.0. The van der Waals surface area contributed by atoms with E-state index in [0.717, 1.165) is 11.5 Å². The molecule has 0 saturated heterocycles. The van der Waals surface area contributed by atoms with Gasteiger partial charge in [0.25, 0.3) is 10.0 Å².